The number of urea groups is 1. The predicted octanol–water partition coefficient (Wildman–Crippen LogP) is 3.43. The van der Waals surface area contributed by atoms with E-state index in [1.165, 1.54) is 25.7 Å². The van der Waals surface area contributed by atoms with E-state index in [0.29, 0.717) is 26.4 Å². The number of primary amides is 1. The topological polar surface area (TPSA) is 82.8 Å². The number of hydrogen-bond donors (Lipinski definition) is 2. The molecule has 0 aliphatic rings. The van der Waals surface area contributed by atoms with Gasteiger partial charge < -0.3 is 24.3 Å². The van der Waals surface area contributed by atoms with E-state index in [-0.39, 0.29) is 0 Å². The quantitative estimate of drug-likeness (QED) is 0.331. The maximum Gasteiger partial charge on any atom is 0.500 e. The Balaban J connectivity index is 3.71. The Morgan fingerprint density at radius 3 is 1.70 bits per heavy atom. The van der Waals surface area contributed by atoms with Crippen LogP contribution in [0.1, 0.15) is 65.7 Å². The van der Waals surface area contributed by atoms with E-state index in [2.05, 4.69) is 5.32 Å². The molecule has 0 bridgehead atoms. The number of nitrogens with one attached hydrogen (secondary N) is 1. The van der Waals surface area contributed by atoms with Crippen LogP contribution in [0.25, 0.3) is 0 Å². The number of nitrogens with two attached hydrogens (primary N) is 1. The molecule has 0 rings (SSSR count). The first kappa shape index (κ1) is 22.4. The Labute approximate surface area is 142 Å². The van der Waals surface area contributed by atoms with Gasteiger partial charge in [0.15, 0.2) is 0 Å². The standard InChI is InChI=1S/C16H36N2O4Si/c1-4-20-23(21-5-2,22-6-3)15-13-11-9-7-8-10-12-14-18-16(17)19/h4-15H2,1-3H3,(H3,17,18,19). The predicted molar refractivity (Wildman–Crippen MR) is 95.3 cm³/mol. The third kappa shape index (κ3) is 12.5. The van der Waals surface area contributed by atoms with Crippen molar-refractivity contribution in [3.05, 3.63) is 0 Å². The molecule has 0 aliphatic carbocycles. The fourth-order valence-corrected chi connectivity index (χ4v) is 5.25. The first-order valence-electron chi connectivity index (χ1n) is 9.05. The molecule has 0 aromatic carbocycles. The van der Waals surface area contributed by atoms with Gasteiger partial charge in [0.1, 0.15) is 0 Å². The smallest absolute Gasteiger partial charge is 0.374 e. The van der Waals surface area contributed by atoms with Gasteiger partial charge in [-0.3, -0.25) is 0 Å². The number of hydrogen-bond acceptors (Lipinski definition) is 4. The van der Waals surface area contributed by atoms with Crippen molar-refractivity contribution in [2.75, 3.05) is 26.4 Å². The molecule has 0 heterocycles. The highest BCUT2D eigenvalue weighted by Gasteiger charge is 2.39. The summed E-state index contributed by atoms with van der Waals surface area (Å²) in [6.07, 6.45) is 8.05. The van der Waals surface area contributed by atoms with E-state index < -0.39 is 14.8 Å². The van der Waals surface area contributed by atoms with Gasteiger partial charge in [-0.05, 0) is 33.6 Å². The lowest BCUT2D eigenvalue weighted by molar-refractivity contribution is 0.0706. The number of rotatable bonds is 16. The van der Waals surface area contributed by atoms with Crippen LogP contribution in [0.3, 0.4) is 0 Å². The van der Waals surface area contributed by atoms with Crippen molar-refractivity contribution in [2.45, 2.75) is 71.8 Å². The molecule has 0 saturated heterocycles. The normalized spacial score (nSPS) is 11.6. The monoisotopic (exact) mass is 348 g/mol. The first-order chi connectivity index (χ1) is 11.1. The molecular formula is C16H36N2O4Si. The van der Waals surface area contributed by atoms with Crippen LogP contribution in [-0.4, -0.2) is 41.2 Å². The zero-order valence-corrected chi connectivity index (χ0v) is 16.2. The minimum atomic E-state index is -2.44. The lowest BCUT2D eigenvalue weighted by Crippen LogP contribution is -2.45. The van der Waals surface area contributed by atoms with Gasteiger partial charge in [-0.2, -0.15) is 0 Å². The van der Waals surface area contributed by atoms with Gasteiger partial charge in [-0.15, -0.1) is 0 Å². The van der Waals surface area contributed by atoms with Crippen molar-refractivity contribution >= 4 is 14.8 Å². The molecule has 23 heavy (non-hydrogen) atoms. The Morgan fingerprint density at radius 2 is 1.26 bits per heavy atom. The molecule has 0 spiro atoms. The highest BCUT2D eigenvalue weighted by atomic mass is 28.4. The maximum absolute atomic E-state index is 10.5. The number of amides is 2. The van der Waals surface area contributed by atoms with Crippen molar-refractivity contribution in [1.29, 1.82) is 0 Å². The van der Waals surface area contributed by atoms with Gasteiger partial charge in [0.05, 0.1) is 0 Å². The van der Waals surface area contributed by atoms with E-state index in [4.69, 9.17) is 19.0 Å². The summed E-state index contributed by atoms with van der Waals surface area (Å²) in [5.41, 5.74) is 5.01. The lowest BCUT2D eigenvalue weighted by Gasteiger charge is -2.28. The largest absolute Gasteiger partial charge is 0.500 e. The second kappa shape index (κ2) is 14.9. The van der Waals surface area contributed by atoms with Crippen molar-refractivity contribution in [2.24, 2.45) is 5.73 Å². The van der Waals surface area contributed by atoms with Crippen LogP contribution in [0.4, 0.5) is 4.79 Å². The van der Waals surface area contributed by atoms with Crippen LogP contribution >= 0.6 is 0 Å². The van der Waals surface area contributed by atoms with Gasteiger partial charge >= 0.3 is 14.8 Å². The fourth-order valence-electron chi connectivity index (χ4n) is 2.56. The van der Waals surface area contributed by atoms with Crippen LogP contribution in [0, 0.1) is 0 Å². The molecule has 0 radical (unpaired) electrons. The molecule has 2 amide bonds. The molecule has 0 unspecified atom stereocenters. The van der Waals surface area contributed by atoms with E-state index in [0.717, 1.165) is 25.3 Å². The number of carbonyl (C=O) groups is 1. The van der Waals surface area contributed by atoms with E-state index >= 15 is 0 Å². The maximum atomic E-state index is 10.5. The van der Waals surface area contributed by atoms with Crippen molar-refractivity contribution in [3.8, 4) is 0 Å². The molecule has 0 saturated carbocycles. The summed E-state index contributed by atoms with van der Waals surface area (Å²) >= 11 is 0. The summed E-state index contributed by atoms with van der Waals surface area (Å²) in [6, 6.07) is 0.473. The number of carbonyl (C=O) groups excluding carboxylic acids is 1. The molecule has 0 aromatic heterocycles. The molecule has 0 aromatic rings. The highest BCUT2D eigenvalue weighted by Crippen LogP contribution is 2.20. The Kier molecular flexibility index (Phi) is 14.5. The van der Waals surface area contributed by atoms with Gasteiger partial charge in [0.2, 0.25) is 0 Å². The zero-order chi connectivity index (χ0) is 17.4. The zero-order valence-electron chi connectivity index (χ0n) is 15.2. The van der Waals surface area contributed by atoms with Crippen molar-refractivity contribution < 1.29 is 18.1 Å². The average Bonchev–Trinajstić information content (AvgIpc) is 2.49. The SMILES string of the molecule is CCO[Si](CCCCCCCCCNC(N)=O)(OCC)OCC. The molecule has 6 nitrogen and oxygen atoms in total. The van der Waals surface area contributed by atoms with Crippen molar-refractivity contribution in [1.82, 2.24) is 5.32 Å². The van der Waals surface area contributed by atoms with Crippen LogP contribution in [0.15, 0.2) is 0 Å². The minimum absolute atomic E-state index is 0.435. The highest BCUT2D eigenvalue weighted by molar-refractivity contribution is 6.60. The van der Waals surface area contributed by atoms with E-state index in [9.17, 15) is 4.79 Å². The van der Waals surface area contributed by atoms with Crippen LogP contribution in [0.2, 0.25) is 6.04 Å². The van der Waals surface area contributed by atoms with Crippen LogP contribution < -0.4 is 11.1 Å². The third-order valence-electron chi connectivity index (χ3n) is 3.55. The minimum Gasteiger partial charge on any atom is -0.374 e. The first-order valence-corrected chi connectivity index (χ1v) is 11.0. The second-order valence-corrected chi connectivity index (χ2v) is 8.23. The molecular weight excluding hydrogens is 312 g/mol. The van der Waals surface area contributed by atoms with Crippen molar-refractivity contribution in [3.63, 3.8) is 0 Å². The van der Waals surface area contributed by atoms with E-state index in [1.54, 1.807) is 0 Å². The van der Waals surface area contributed by atoms with Crippen LogP contribution in [0.5, 0.6) is 0 Å². The lowest BCUT2D eigenvalue weighted by atomic mass is 10.1. The molecule has 0 atom stereocenters. The number of unbranched alkanes of at least 4 members (excludes halogenated alkanes) is 6. The Morgan fingerprint density at radius 1 is 0.826 bits per heavy atom. The van der Waals surface area contributed by atoms with Crippen LogP contribution in [-0.2, 0) is 13.3 Å². The second-order valence-electron chi connectivity index (χ2n) is 5.50. The average molecular weight is 349 g/mol. The molecule has 0 aliphatic heterocycles. The summed E-state index contributed by atoms with van der Waals surface area (Å²) < 4.78 is 17.6. The fraction of sp³-hybridized carbons (Fsp3) is 0.938. The molecule has 0 fully saturated rings. The summed E-state index contributed by atoms with van der Waals surface area (Å²) in [6.45, 7) is 8.59. The summed E-state index contributed by atoms with van der Waals surface area (Å²) in [5, 5.41) is 2.61. The molecule has 7 heteroatoms. The third-order valence-corrected chi connectivity index (χ3v) is 6.70. The summed E-state index contributed by atoms with van der Waals surface area (Å²) in [5.74, 6) is 0. The summed E-state index contributed by atoms with van der Waals surface area (Å²) in [7, 11) is -2.44. The van der Waals surface area contributed by atoms with Gasteiger partial charge in [-0.1, -0.05) is 32.1 Å². The Bertz CT molecular complexity index is 276. The molecule has 138 valence electrons. The van der Waals surface area contributed by atoms with Gasteiger partial charge in [0, 0.05) is 32.4 Å². The van der Waals surface area contributed by atoms with Gasteiger partial charge in [-0.25, -0.2) is 4.79 Å². The summed E-state index contributed by atoms with van der Waals surface area (Å²) in [4.78, 5) is 10.5. The molecule has 3 N–H and O–H groups in total. The van der Waals surface area contributed by atoms with Gasteiger partial charge in [0.25, 0.3) is 0 Å². The Hall–Kier alpha value is -0.633. The van der Waals surface area contributed by atoms with E-state index in [1.807, 2.05) is 20.8 Å².